The number of hydrogen-bond donors (Lipinski definition) is 2. The van der Waals surface area contributed by atoms with E-state index in [1.165, 1.54) is 0 Å². The zero-order chi connectivity index (χ0) is 8.55. The lowest BCUT2D eigenvalue weighted by atomic mass is 10.2. The maximum absolute atomic E-state index is 10.5. The van der Waals surface area contributed by atoms with Gasteiger partial charge in [-0.1, -0.05) is 18.2 Å². The Hall–Kier alpha value is -1.77. The van der Waals surface area contributed by atoms with E-state index in [0.29, 0.717) is 0 Å². The molecule has 0 fully saturated rings. The summed E-state index contributed by atoms with van der Waals surface area (Å²) in [6, 6.07) is 9.09. The smallest absolute Gasteiger partial charge is 0.352 e. The lowest BCUT2D eigenvalue weighted by Gasteiger charge is -1.84. The number of para-hydroxylation sites is 1. The molecule has 0 unspecified atom stereocenters. The first kappa shape index (κ1) is 6.91. The zero-order valence-corrected chi connectivity index (χ0v) is 6.24. The van der Waals surface area contributed by atoms with Crippen molar-refractivity contribution in [2.45, 2.75) is 0 Å². The zero-order valence-electron chi connectivity index (χ0n) is 6.24. The van der Waals surface area contributed by atoms with Gasteiger partial charge in [-0.05, 0) is 12.1 Å². The number of nitrogens with one attached hydrogen (secondary N) is 1. The molecule has 1 heterocycles. The fraction of sp³-hybridized carbons (Fsp3) is 0. The summed E-state index contributed by atoms with van der Waals surface area (Å²) < 4.78 is 0. The molecule has 1 aromatic carbocycles. The number of aromatic amines is 1. The molecule has 3 heteroatoms. The maximum Gasteiger partial charge on any atom is 0.352 e. The predicted molar refractivity (Wildman–Crippen MR) is 45.3 cm³/mol. The van der Waals surface area contributed by atoms with Crippen molar-refractivity contribution in [3.63, 3.8) is 0 Å². The Bertz CT molecular complexity index is 398. The number of carboxylic acid groups (broad SMARTS) is 1. The highest BCUT2D eigenvalue weighted by Gasteiger charge is 2.05. The van der Waals surface area contributed by atoms with Crippen LogP contribution in [0.25, 0.3) is 10.9 Å². The predicted octanol–water partition coefficient (Wildman–Crippen LogP) is 1.87. The number of carboxylic acids is 1. The molecule has 0 aliphatic heterocycles. The highest BCUT2D eigenvalue weighted by molar-refractivity contribution is 5.93. The normalized spacial score (nSPS) is 10.3. The molecule has 0 aliphatic rings. The number of hydrogen-bond acceptors (Lipinski definition) is 1. The van der Waals surface area contributed by atoms with Gasteiger partial charge in [0.25, 0.3) is 0 Å². The van der Waals surface area contributed by atoms with E-state index in [4.69, 9.17) is 5.11 Å². The molecule has 12 heavy (non-hydrogen) atoms. The number of carbonyl (C=O) groups is 1. The number of H-pyrrole nitrogens is 1. The molecular weight excluding hydrogens is 155 g/mol. The Balaban J connectivity index is 2.70. The van der Waals surface area contributed by atoms with Gasteiger partial charge in [0.2, 0.25) is 0 Å². The molecule has 0 atom stereocenters. The van der Waals surface area contributed by atoms with E-state index in [1.54, 1.807) is 6.07 Å². The molecule has 60 valence electrons. The molecule has 1 aromatic heterocycles. The molecule has 0 amide bonds. The lowest BCUT2D eigenvalue weighted by molar-refractivity contribution is 0.0691. The van der Waals surface area contributed by atoms with Gasteiger partial charge in [0.05, 0.1) is 0 Å². The lowest BCUT2D eigenvalue weighted by Crippen LogP contribution is -1.94. The molecule has 0 saturated heterocycles. The second-order valence-electron chi connectivity index (χ2n) is 2.58. The van der Waals surface area contributed by atoms with Gasteiger partial charge in [-0.2, -0.15) is 0 Å². The first-order valence-corrected chi connectivity index (χ1v) is 3.58. The van der Waals surface area contributed by atoms with Crippen molar-refractivity contribution in [2.24, 2.45) is 0 Å². The summed E-state index contributed by atoms with van der Waals surface area (Å²) in [7, 11) is 0. The van der Waals surface area contributed by atoms with Crippen LogP contribution < -0.4 is 0 Å². The Labute approximate surface area is 68.6 Å². The van der Waals surface area contributed by atoms with Crippen LogP contribution in [0.2, 0.25) is 0 Å². The van der Waals surface area contributed by atoms with Crippen LogP contribution in [0.4, 0.5) is 0 Å². The van der Waals surface area contributed by atoms with Crippen molar-refractivity contribution in [3.05, 3.63) is 36.0 Å². The van der Waals surface area contributed by atoms with Crippen molar-refractivity contribution in [1.82, 2.24) is 4.98 Å². The standard InChI is InChI=1S/C9H7NO2/c11-9(12)8-5-6-3-1-2-4-7(6)10-8/h1-5,10H,(H,11,12)/i9+1. The van der Waals surface area contributed by atoms with Crippen LogP contribution >= 0.6 is 0 Å². The molecule has 0 aliphatic carbocycles. The van der Waals surface area contributed by atoms with Gasteiger partial charge >= 0.3 is 5.97 Å². The monoisotopic (exact) mass is 162 g/mol. The van der Waals surface area contributed by atoms with E-state index >= 15 is 0 Å². The van der Waals surface area contributed by atoms with Gasteiger partial charge in [0.1, 0.15) is 5.69 Å². The van der Waals surface area contributed by atoms with E-state index in [0.717, 1.165) is 10.9 Å². The average Bonchev–Trinajstić information content (AvgIpc) is 2.46. The van der Waals surface area contributed by atoms with Crippen LogP contribution in [0.3, 0.4) is 0 Å². The van der Waals surface area contributed by atoms with Gasteiger partial charge in [-0.3, -0.25) is 0 Å². The minimum atomic E-state index is -0.925. The van der Waals surface area contributed by atoms with E-state index in [9.17, 15) is 4.79 Å². The van der Waals surface area contributed by atoms with Crippen LogP contribution in [0.5, 0.6) is 0 Å². The number of rotatable bonds is 1. The highest BCUT2D eigenvalue weighted by atomic mass is 16.5. The Morgan fingerprint density at radius 1 is 1.33 bits per heavy atom. The first-order chi connectivity index (χ1) is 5.77. The van der Waals surface area contributed by atoms with Crippen molar-refractivity contribution in [1.29, 1.82) is 0 Å². The quantitative estimate of drug-likeness (QED) is 0.629. The van der Waals surface area contributed by atoms with Gasteiger partial charge in [-0.15, -0.1) is 0 Å². The van der Waals surface area contributed by atoms with Crippen LogP contribution in [-0.2, 0) is 0 Å². The topological polar surface area (TPSA) is 53.1 Å². The summed E-state index contributed by atoms with van der Waals surface area (Å²) in [6.07, 6.45) is 0. The van der Waals surface area contributed by atoms with Crippen molar-refractivity contribution in [2.75, 3.05) is 0 Å². The average molecular weight is 162 g/mol. The first-order valence-electron chi connectivity index (χ1n) is 3.58. The van der Waals surface area contributed by atoms with Crippen molar-refractivity contribution < 1.29 is 9.90 Å². The second kappa shape index (κ2) is 2.37. The summed E-state index contributed by atoms with van der Waals surface area (Å²) in [5, 5.41) is 9.58. The number of aromatic carboxylic acids is 1. The van der Waals surface area contributed by atoms with Crippen LogP contribution in [0.15, 0.2) is 30.3 Å². The minimum absolute atomic E-state index is 0.233. The van der Waals surface area contributed by atoms with Crippen LogP contribution in [-0.4, -0.2) is 16.1 Å². The SMILES string of the molecule is O=[13C](O)c1cc2ccccc2[nH]1. The van der Waals surface area contributed by atoms with E-state index in [2.05, 4.69) is 4.98 Å². The van der Waals surface area contributed by atoms with Crippen molar-refractivity contribution >= 4 is 16.9 Å². The van der Waals surface area contributed by atoms with Crippen molar-refractivity contribution in [3.8, 4) is 0 Å². The van der Waals surface area contributed by atoms with Gasteiger partial charge < -0.3 is 10.1 Å². The second-order valence-corrected chi connectivity index (χ2v) is 2.58. The fourth-order valence-electron chi connectivity index (χ4n) is 1.19. The molecule has 0 spiro atoms. The molecular formula is C9H7NO2. The van der Waals surface area contributed by atoms with Gasteiger partial charge in [0, 0.05) is 10.9 Å². The summed E-state index contributed by atoms with van der Waals surface area (Å²) in [6.45, 7) is 0. The maximum atomic E-state index is 10.5. The summed E-state index contributed by atoms with van der Waals surface area (Å²) in [4.78, 5) is 13.3. The number of benzene rings is 1. The molecule has 0 bridgehead atoms. The highest BCUT2D eigenvalue weighted by Crippen LogP contribution is 2.13. The van der Waals surface area contributed by atoms with E-state index in [1.807, 2.05) is 24.3 Å². The summed E-state index contributed by atoms with van der Waals surface area (Å²) >= 11 is 0. The molecule has 0 radical (unpaired) electrons. The Morgan fingerprint density at radius 2 is 2.08 bits per heavy atom. The third kappa shape index (κ3) is 0.955. The molecule has 3 nitrogen and oxygen atoms in total. The fourth-order valence-corrected chi connectivity index (χ4v) is 1.19. The molecule has 0 saturated carbocycles. The Kier molecular flexibility index (Phi) is 1.37. The molecule has 2 N–H and O–H groups in total. The number of aromatic nitrogens is 1. The van der Waals surface area contributed by atoms with E-state index < -0.39 is 5.97 Å². The Morgan fingerprint density at radius 3 is 2.75 bits per heavy atom. The third-order valence-corrected chi connectivity index (χ3v) is 1.76. The molecule has 2 aromatic rings. The largest absolute Gasteiger partial charge is 0.477 e. The number of fused-ring (bicyclic) bond motifs is 1. The third-order valence-electron chi connectivity index (χ3n) is 1.76. The van der Waals surface area contributed by atoms with E-state index in [-0.39, 0.29) is 5.69 Å². The molecule has 2 rings (SSSR count). The summed E-state index contributed by atoms with van der Waals surface area (Å²) in [5.74, 6) is -0.925. The van der Waals surface area contributed by atoms with Gasteiger partial charge in [-0.25, -0.2) is 4.79 Å². The summed E-state index contributed by atoms with van der Waals surface area (Å²) in [5.41, 5.74) is 1.09. The van der Waals surface area contributed by atoms with Crippen LogP contribution in [0, 0.1) is 0 Å². The minimum Gasteiger partial charge on any atom is -0.477 e. The van der Waals surface area contributed by atoms with Crippen LogP contribution in [0.1, 0.15) is 10.5 Å². The van der Waals surface area contributed by atoms with Gasteiger partial charge in [0.15, 0.2) is 0 Å².